The van der Waals surface area contributed by atoms with Crippen molar-refractivity contribution in [2.24, 2.45) is 0 Å². The fraction of sp³-hybridized carbons (Fsp3) is 0.600. The molecule has 0 aromatic heterocycles. The lowest BCUT2D eigenvalue weighted by Crippen LogP contribution is -2.65. The van der Waals surface area contributed by atoms with Gasteiger partial charge in [-0.3, -0.25) is 4.84 Å². The predicted octanol–water partition coefficient (Wildman–Crippen LogP) is 5.44. The highest BCUT2D eigenvalue weighted by Crippen LogP contribution is 2.49. The van der Waals surface area contributed by atoms with E-state index in [0.29, 0.717) is 39.3 Å². The van der Waals surface area contributed by atoms with Gasteiger partial charge in [0.25, 0.3) is 0 Å². The average molecular weight is 512 g/mol. The summed E-state index contributed by atoms with van der Waals surface area (Å²) in [6.07, 6.45) is 1.48. The van der Waals surface area contributed by atoms with Crippen molar-refractivity contribution in [2.75, 3.05) is 26.4 Å². The molecule has 7 heteroatoms. The third-order valence-electron chi connectivity index (χ3n) is 7.28. The van der Waals surface area contributed by atoms with E-state index in [1.54, 1.807) is 0 Å². The lowest BCUT2D eigenvalue weighted by Gasteiger charge is -2.56. The zero-order valence-electron chi connectivity index (χ0n) is 22.8. The van der Waals surface area contributed by atoms with E-state index in [1.165, 1.54) is 0 Å². The van der Waals surface area contributed by atoms with Gasteiger partial charge in [-0.25, -0.2) is 0 Å². The summed E-state index contributed by atoms with van der Waals surface area (Å²) in [5.41, 5.74) is 1.66. The monoisotopic (exact) mass is 511 g/mol. The van der Waals surface area contributed by atoms with Crippen molar-refractivity contribution in [2.45, 2.75) is 89.2 Å². The molecule has 7 nitrogen and oxygen atoms in total. The third kappa shape index (κ3) is 6.53. The SMILES string of the molecule is CC(ON1C(C)(C)CC2(CC1(C)C)OCC(COCc1ccccc1)O2)c1ccc(OCC2CO2)cc1. The molecule has 37 heavy (non-hydrogen) atoms. The molecule has 3 saturated heterocycles. The number of rotatable bonds is 10. The van der Waals surface area contributed by atoms with E-state index >= 15 is 0 Å². The standard InChI is InChI=1S/C30H41NO6/c1-22(24-11-13-25(14-12-24)33-17-26-18-34-26)37-31-28(2,3)20-30(21-29(31,4)5)35-19-27(36-30)16-32-15-23-9-7-6-8-10-23/h6-14,22,26-27H,15-21H2,1-5H3. The predicted molar refractivity (Wildman–Crippen MR) is 140 cm³/mol. The van der Waals surface area contributed by atoms with Crippen molar-refractivity contribution in [3.63, 3.8) is 0 Å². The van der Waals surface area contributed by atoms with Crippen molar-refractivity contribution >= 4 is 0 Å². The fourth-order valence-corrected chi connectivity index (χ4v) is 5.80. The molecular formula is C30H41NO6. The summed E-state index contributed by atoms with van der Waals surface area (Å²) in [5.74, 6) is 0.214. The molecular weight excluding hydrogens is 470 g/mol. The van der Waals surface area contributed by atoms with Gasteiger partial charge in [-0.2, -0.15) is 5.06 Å². The van der Waals surface area contributed by atoms with Crippen LogP contribution in [0.1, 0.15) is 64.7 Å². The minimum absolute atomic E-state index is 0.0751. The maximum absolute atomic E-state index is 6.64. The van der Waals surface area contributed by atoms with Crippen molar-refractivity contribution in [1.29, 1.82) is 0 Å². The van der Waals surface area contributed by atoms with Crippen molar-refractivity contribution in [3.8, 4) is 5.75 Å². The van der Waals surface area contributed by atoms with Crippen LogP contribution in [0, 0.1) is 0 Å². The number of epoxide rings is 1. The molecule has 3 unspecified atom stereocenters. The molecule has 3 fully saturated rings. The summed E-state index contributed by atoms with van der Waals surface area (Å²) >= 11 is 0. The van der Waals surface area contributed by atoms with Crippen LogP contribution in [-0.4, -0.2) is 60.6 Å². The first-order chi connectivity index (χ1) is 17.6. The molecule has 3 aliphatic rings. The Bertz CT molecular complexity index is 1000. The normalized spacial score (nSPS) is 26.7. The van der Waals surface area contributed by atoms with E-state index in [-0.39, 0.29) is 29.4 Å². The van der Waals surface area contributed by atoms with E-state index in [2.05, 4.69) is 63.9 Å². The second-order valence-corrected chi connectivity index (χ2v) is 11.8. The van der Waals surface area contributed by atoms with Crippen LogP contribution in [0.5, 0.6) is 5.75 Å². The maximum Gasteiger partial charge on any atom is 0.172 e. The molecule has 2 aromatic rings. The molecule has 0 N–H and O–H groups in total. The topological polar surface area (TPSA) is 61.9 Å². The highest BCUT2D eigenvalue weighted by atomic mass is 16.8. The van der Waals surface area contributed by atoms with Crippen LogP contribution < -0.4 is 4.74 Å². The summed E-state index contributed by atoms with van der Waals surface area (Å²) in [4.78, 5) is 6.64. The van der Waals surface area contributed by atoms with Crippen LogP contribution in [0.4, 0.5) is 0 Å². The molecule has 1 spiro atoms. The highest BCUT2D eigenvalue weighted by molar-refractivity contribution is 5.28. The summed E-state index contributed by atoms with van der Waals surface area (Å²) in [6.45, 7) is 13.9. The molecule has 0 radical (unpaired) electrons. The molecule has 5 rings (SSSR count). The van der Waals surface area contributed by atoms with Crippen LogP contribution in [0.25, 0.3) is 0 Å². The van der Waals surface area contributed by atoms with Gasteiger partial charge in [-0.1, -0.05) is 42.5 Å². The van der Waals surface area contributed by atoms with Crippen LogP contribution >= 0.6 is 0 Å². The molecule has 0 bridgehead atoms. The summed E-state index contributed by atoms with van der Waals surface area (Å²) in [7, 11) is 0. The summed E-state index contributed by atoms with van der Waals surface area (Å²) in [5, 5.41) is 2.15. The zero-order valence-corrected chi connectivity index (χ0v) is 22.8. The number of hydroxylamine groups is 2. The lowest BCUT2D eigenvalue weighted by atomic mass is 9.78. The zero-order chi connectivity index (χ0) is 26.1. The van der Waals surface area contributed by atoms with Crippen molar-refractivity contribution in [1.82, 2.24) is 5.06 Å². The van der Waals surface area contributed by atoms with E-state index in [9.17, 15) is 0 Å². The largest absolute Gasteiger partial charge is 0.491 e. The Hall–Kier alpha value is -2.00. The second kappa shape index (κ2) is 10.6. The van der Waals surface area contributed by atoms with Gasteiger partial charge in [0.1, 0.15) is 30.7 Å². The molecule has 0 amide bonds. The molecule has 3 heterocycles. The smallest absolute Gasteiger partial charge is 0.172 e. The van der Waals surface area contributed by atoms with Gasteiger partial charge in [0.2, 0.25) is 0 Å². The number of ether oxygens (including phenoxy) is 5. The molecule has 3 atom stereocenters. The van der Waals surface area contributed by atoms with Gasteiger partial charge in [-0.05, 0) is 57.9 Å². The van der Waals surface area contributed by atoms with Gasteiger partial charge in [0.05, 0.1) is 26.4 Å². The van der Waals surface area contributed by atoms with Gasteiger partial charge in [-0.15, -0.1) is 0 Å². The Morgan fingerprint density at radius 1 is 0.892 bits per heavy atom. The third-order valence-corrected chi connectivity index (χ3v) is 7.28. The Morgan fingerprint density at radius 3 is 2.22 bits per heavy atom. The quantitative estimate of drug-likeness (QED) is 0.394. The molecule has 0 saturated carbocycles. The van der Waals surface area contributed by atoms with E-state index in [1.807, 2.05) is 30.3 Å². The van der Waals surface area contributed by atoms with Gasteiger partial charge in [0, 0.05) is 23.9 Å². The Balaban J connectivity index is 1.17. The van der Waals surface area contributed by atoms with E-state index < -0.39 is 5.79 Å². The lowest BCUT2D eigenvalue weighted by molar-refractivity contribution is -0.351. The van der Waals surface area contributed by atoms with Gasteiger partial charge >= 0.3 is 0 Å². The number of hydrogen-bond donors (Lipinski definition) is 0. The Labute approximate surface area is 220 Å². The maximum atomic E-state index is 6.64. The van der Waals surface area contributed by atoms with Gasteiger partial charge in [0.15, 0.2) is 5.79 Å². The molecule has 0 aliphatic carbocycles. The van der Waals surface area contributed by atoms with Crippen LogP contribution in [0.15, 0.2) is 54.6 Å². The highest BCUT2D eigenvalue weighted by Gasteiger charge is 2.58. The van der Waals surface area contributed by atoms with Gasteiger partial charge < -0.3 is 23.7 Å². The first kappa shape index (κ1) is 26.6. The second-order valence-electron chi connectivity index (χ2n) is 11.8. The van der Waals surface area contributed by atoms with Crippen LogP contribution in [-0.2, 0) is 30.4 Å². The number of nitrogens with zero attached hydrogens (tertiary/aromatic N) is 1. The Kier molecular flexibility index (Phi) is 7.65. The minimum Gasteiger partial charge on any atom is -0.491 e. The van der Waals surface area contributed by atoms with Crippen LogP contribution in [0.2, 0.25) is 0 Å². The van der Waals surface area contributed by atoms with E-state index in [0.717, 1.165) is 23.5 Å². The van der Waals surface area contributed by atoms with Crippen molar-refractivity contribution in [3.05, 3.63) is 65.7 Å². The average Bonchev–Trinajstić information content (AvgIpc) is 3.61. The van der Waals surface area contributed by atoms with E-state index in [4.69, 9.17) is 28.5 Å². The molecule has 3 aliphatic heterocycles. The first-order valence-corrected chi connectivity index (χ1v) is 13.4. The fourth-order valence-electron chi connectivity index (χ4n) is 5.80. The Morgan fingerprint density at radius 2 is 1.57 bits per heavy atom. The molecule has 202 valence electrons. The first-order valence-electron chi connectivity index (χ1n) is 13.4. The summed E-state index contributed by atoms with van der Waals surface area (Å²) < 4.78 is 29.8. The molecule has 2 aromatic carbocycles. The summed E-state index contributed by atoms with van der Waals surface area (Å²) in [6, 6.07) is 18.4. The number of piperidine rings is 1. The minimum atomic E-state index is -0.638. The van der Waals surface area contributed by atoms with Crippen LogP contribution in [0.3, 0.4) is 0 Å². The number of benzene rings is 2. The van der Waals surface area contributed by atoms with Crippen molar-refractivity contribution < 1.29 is 28.5 Å². The number of hydrogen-bond acceptors (Lipinski definition) is 7.